The number of sulfonamides is 1. The summed E-state index contributed by atoms with van der Waals surface area (Å²) in [6.07, 6.45) is -0.0529. The second-order valence-corrected chi connectivity index (χ2v) is 7.48. The highest BCUT2D eigenvalue weighted by molar-refractivity contribution is 7.89. The Balaban J connectivity index is 1.96. The Hall–Kier alpha value is -1.80. The second-order valence-electron chi connectivity index (χ2n) is 4.98. The van der Waals surface area contributed by atoms with E-state index in [0.717, 1.165) is 0 Å². The highest BCUT2D eigenvalue weighted by Crippen LogP contribution is 2.22. The average molecular weight is 403 g/mol. The van der Waals surface area contributed by atoms with Gasteiger partial charge >= 0.3 is 0 Å². The minimum Gasteiger partial charge on any atom is -0.494 e. The molecular formula is C16H16Cl2N2O4S. The molecule has 0 unspecified atom stereocenters. The van der Waals surface area contributed by atoms with Gasteiger partial charge in [0, 0.05) is 0 Å². The topological polar surface area (TPSA) is 84.5 Å². The van der Waals surface area contributed by atoms with Crippen LogP contribution in [0.15, 0.2) is 47.4 Å². The number of hydrogen-bond acceptors (Lipinski definition) is 4. The number of benzene rings is 2. The van der Waals surface area contributed by atoms with Crippen molar-refractivity contribution in [2.45, 2.75) is 18.2 Å². The molecule has 0 aliphatic rings. The zero-order valence-electron chi connectivity index (χ0n) is 13.3. The van der Waals surface area contributed by atoms with E-state index in [1.807, 2.05) is 11.8 Å². The van der Waals surface area contributed by atoms with E-state index in [2.05, 4.69) is 5.43 Å². The van der Waals surface area contributed by atoms with Crippen LogP contribution < -0.4 is 15.0 Å². The maximum atomic E-state index is 12.2. The number of ether oxygens (including phenoxy) is 1. The van der Waals surface area contributed by atoms with Gasteiger partial charge in [-0.25, -0.2) is 8.42 Å². The summed E-state index contributed by atoms with van der Waals surface area (Å²) in [5, 5.41) is 0.698. The molecular weight excluding hydrogens is 387 g/mol. The van der Waals surface area contributed by atoms with Crippen molar-refractivity contribution in [3.8, 4) is 5.75 Å². The van der Waals surface area contributed by atoms with Crippen LogP contribution in [0.25, 0.3) is 0 Å². The molecule has 0 saturated heterocycles. The van der Waals surface area contributed by atoms with Gasteiger partial charge in [-0.1, -0.05) is 29.3 Å². The van der Waals surface area contributed by atoms with Crippen LogP contribution in [0.3, 0.4) is 0 Å². The fourth-order valence-corrected chi connectivity index (χ4v) is 3.13. The van der Waals surface area contributed by atoms with Gasteiger partial charge in [-0.2, -0.15) is 0 Å². The number of carbonyl (C=O) groups is 1. The molecule has 0 atom stereocenters. The van der Waals surface area contributed by atoms with E-state index in [1.165, 1.54) is 24.3 Å². The number of nitrogens with one attached hydrogen (secondary N) is 2. The number of hydrazine groups is 1. The third-order valence-electron chi connectivity index (χ3n) is 3.12. The van der Waals surface area contributed by atoms with Crippen molar-refractivity contribution < 1.29 is 17.9 Å². The Kier molecular flexibility index (Phi) is 6.66. The summed E-state index contributed by atoms with van der Waals surface area (Å²) >= 11 is 11.7. The van der Waals surface area contributed by atoms with Gasteiger partial charge in [0.05, 0.1) is 28.0 Å². The van der Waals surface area contributed by atoms with Crippen molar-refractivity contribution in [1.82, 2.24) is 10.3 Å². The molecule has 2 aromatic carbocycles. The lowest BCUT2D eigenvalue weighted by Crippen LogP contribution is -2.42. The van der Waals surface area contributed by atoms with Crippen molar-refractivity contribution in [3.63, 3.8) is 0 Å². The molecule has 9 heteroatoms. The molecule has 0 heterocycles. The van der Waals surface area contributed by atoms with Crippen LogP contribution in [0.1, 0.15) is 12.5 Å². The summed E-state index contributed by atoms with van der Waals surface area (Å²) < 4.78 is 29.6. The van der Waals surface area contributed by atoms with Gasteiger partial charge in [-0.05, 0) is 48.9 Å². The monoisotopic (exact) mass is 402 g/mol. The third kappa shape index (κ3) is 5.61. The molecule has 0 fully saturated rings. The summed E-state index contributed by atoms with van der Waals surface area (Å²) in [5.74, 6) is 0.0259. The van der Waals surface area contributed by atoms with E-state index in [1.54, 1.807) is 18.2 Å². The van der Waals surface area contributed by atoms with E-state index in [-0.39, 0.29) is 11.3 Å². The maximum Gasteiger partial charge on any atom is 0.257 e. The minimum atomic E-state index is -3.88. The van der Waals surface area contributed by atoms with Crippen molar-refractivity contribution in [1.29, 1.82) is 0 Å². The normalized spacial score (nSPS) is 11.2. The Labute approximate surface area is 156 Å². The van der Waals surface area contributed by atoms with E-state index in [0.29, 0.717) is 28.0 Å². The van der Waals surface area contributed by atoms with E-state index < -0.39 is 15.9 Å². The molecule has 6 nitrogen and oxygen atoms in total. The van der Waals surface area contributed by atoms with Crippen LogP contribution in [0, 0.1) is 0 Å². The van der Waals surface area contributed by atoms with Gasteiger partial charge in [-0.15, -0.1) is 4.83 Å². The zero-order chi connectivity index (χ0) is 18.4. The summed E-state index contributed by atoms with van der Waals surface area (Å²) in [6, 6.07) is 10.6. The largest absolute Gasteiger partial charge is 0.494 e. The first-order valence-corrected chi connectivity index (χ1v) is 9.53. The summed E-state index contributed by atoms with van der Waals surface area (Å²) in [4.78, 5) is 13.9. The quantitative estimate of drug-likeness (QED) is 0.697. The highest BCUT2D eigenvalue weighted by atomic mass is 35.5. The van der Waals surface area contributed by atoms with Crippen molar-refractivity contribution in [3.05, 3.63) is 58.1 Å². The van der Waals surface area contributed by atoms with Gasteiger partial charge in [-0.3, -0.25) is 10.2 Å². The smallest absolute Gasteiger partial charge is 0.257 e. The summed E-state index contributed by atoms with van der Waals surface area (Å²) in [6.45, 7) is 2.31. The standard InChI is InChI=1S/C16H16Cl2N2O4S/c1-2-24-12-4-6-13(7-5-12)25(22,23)20-19-16(21)10-11-3-8-14(17)15(18)9-11/h3-9,20H,2,10H2,1H3,(H,19,21). The SMILES string of the molecule is CCOc1ccc(S(=O)(=O)NNC(=O)Cc2ccc(Cl)c(Cl)c2)cc1. The lowest BCUT2D eigenvalue weighted by molar-refractivity contribution is -0.120. The number of amides is 1. The third-order valence-corrected chi connectivity index (χ3v) is 5.12. The van der Waals surface area contributed by atoms with Gasteiger partial charge in [0.2, 0.25) is 5.91 Å². The van der Waals surface area contributed by atoms with Crippen LogP contribution in [-0.4, -0.2) is 20.9 Å². The van der Waals surface area contributed by atoms with Gasteiger partial charge in [0.1, 0.15) is 5.75 Å². The van der Waals surface area contributed by atoms with Crippen LogP contribution in [0.4, 0.5) is 0 Å². The van der Waals surface area contributed by atoms with Crippen molar-refractivity contribution in [2.24, 2.45) is 0 Å². The first-order valence-electron chi connectivity index (χ1n) is 7.29. The molecule has 0 bridgehead atoms. The molecule has 25 heavy (non-hydrogen) atoms. The second kappa shape index (κ2) is 8.53. The van der Waals surface area contributed by atoms with Crippen LogP contribution >= 0.6 is 23.2 Å². The number of rotatable bonds is 7. The van der Waals surface area contributed by atoms with Crippen LogP contribution in [-0.2, 0) is 21.2 Å². The van der Waals surface area contributed by atoms with Crippen molar-refractivity contribution in [2.75, 3.05) is 6.61 Å². The lowest BCUT2D eigenvalue weighted by atomic mass is 10.1. The number of halogens is 2. The number of carbonyl (C=O) groups excluding carboxylic acids is 1. The Morgan fingerprint density at radius 2 is 1.76 bits per heavy atom. The summed E-state index contributed by atoms with van der Waals surface area (Å²) in [5.41, 5.74) is 2.76. The first-order chi connectivity index (χ1) is 11.8. The Morgan fingerprint density at radius 3 is 2.36 bits per heavy atom. The maximum absolute atomic E-state index is 12.2. The molecule has 0 radical (unpaired) electrons. The molecule has 1 amide bonds. The van der Waals surface area contributed by atoms with Crippen LogP contribution in [0.5, 0.6) is 5.75 Å². The fourth-order valence-electron chi connectivity index (χ4n) is 1.94. The lowest BCUT2D eigenvalue weighted by Gasteiger charge is -2.09. The molecule has 134 valence electrons. The zero-order valence-corrected chi connectivity index (χ0v) is 15.6. The number of hydrogen-bond donors (Lipinski definition) is 2. The fraction of sp³-hybridized carbons (Fsp3) is 0.188. The first kappa shape index (κ1) is 19.5. The molecule has 0 saturated carbocycles. The van der Waals surface area contributed by atoms with Crippen molar-refractivity contribution >= 4 is 39.1 Å². The molecule has 0 spiro atoms. The van der Waals surface area contributed by atoms with Gasteiger partial charge in [0.25, 0.3) is 10.0 Å². The van der Waals surface area contributed by atoms with E-state index in [9.17, 15) is 13.2 Å². The predicted octanol–water partition coefficient (Wildman–Crippen LogP) is 2.94. The molecule has 0 aromatic heterocycles. The van der Waals surface area contributed by atoms with E-state index in [4.69, 9.17) is 27.9 Å². The van der Waals surface area contributed by atoms with Crippen LogP contribution in [0.2, 0.25) is 10.0 Å². The Morgan fingerprint density at radius 1 is 1.08 bits per heavy atom. The predicted molar refractivity (Wildman–Crippen MR) is 96.2 cm³/mol. The summed E-state index contributed by atoms with van der Waals surface area (Å²) in [7, 11) is -3.88. The highest BCUT2D eigenvalue weighted by Gasteiger charge is 2.15. The van der Waals surface area contributed by atoms with E-state index >= 15 is 0 Å². The average Bonchev–Trinajstić information content (AvgIpc) is 2.57. The Bertz CT molecular complexity index is 855. The molecule has 0 aliphatic carbocycles. The molecule has 2 aromatic rings. The molecule has 2 N–H and O–H groups in total. The van der Waals surface area contributed by atoms with Gasteiger partial charge in [0.15, 0.2) is 0 Å². The van der Waals surface area contributed by atoms with Gasteiger partial charge < -0.3 is 4.74 Å². The molecule has 0 aliphatic heterocycles. The molecule has 2 rings (SSSR count). The minimum absolute atomic E-state index is 0.00536.